The van der Waals surface area contributed by atoms with E-state index in [4.69, 9.17) is 4.84 Å². The van der Waals surface area contributed by atoms with Crippen molar-refractivity contribution >= 4 is 34.6 Å². The predicted molar refractivity (Wildman–Crippen MR) is 192 cm³/mol. The van der Waals surface area contributed by atoms with Crippen LogP contribution >= 0.6 is 0 Å². The normalized spacial score (nSPS) is 21.0. The molecule has 0 spiro atoms. The molecule has 3 saturated heterocycles. The number of fused-ring (bicyclic) bond motifs is 2. The topological polar surface area (TPSA) is 129 Å². The van der Waals surface area contributed by atoms with Gasteiger partial charge in [0, 0.05) is 88.5 Å². The molecule has 5 heterocycles. The smallest absolute Gasteiger partial charge is 0.351 e. The van der Waals surface area contributed by atoms with Gasteiger partial charge in [0.25, 0.3) is 0 Å². The highest BCUT2D eigenvalue weighted by Gasteiger charge is 2.35. The lowest BCUT2D eigenvalue weighted by Crippen LogP contribution is -2.56. The molecule has 0 saturated carbocycles. The SMILES string of the molecule is CCc1cc(CC(NC(=O)ON2CCC(N3CCc4ccccc4NC3=O)CC2)C(=O)N2CCC(N3CCN(C)CC3)CC2)cc2cn[nH]c12. The maximum Gasteiger partial charge on any atom is 0.426 e. The van der Waals surface area contributed by atoms with Crippen molar-refractivity contribution in [2.75, 3.05) is 71.3 Å². The first kappa shape index (κ1) is 34.3. The van der Waals surface area contributed by atoms with Gasteiger partial charge in [0.2, 0.25) is 5.91 Å². The molecule has 13 nitrogen and oxygen atoms in total. The average Bonchev–Trinajstić information content (AvgIpc) is 3.54. The van der Waals surface area contributed by atoms with E-state index in [0.717, 1.165) is 85.1 Å². The Morgan fingerprint density at radius 2 is 1.70 bits per heavy atom. The maximum atomic E-state index is 14.1. The second-order valence-electron chi connectivity index (χ2n) is 14.3. The molecule has 1 atom stereocenters. The number of urea groups is 1. The minimum absolute atomic E-state index is 0.0564. The number of piperazine rings is 1. The fourth-order valence-corrected chi connectivity index (χ4v) is 8.16. The van der Waals surface area contributed by atoms with Crippen LogP contribution in [0.15, 0.2) is 42.6 Å². The molecule has 0 aliphatic carbocycles. The standard InChI is InChI=1S/C37H51N9O4/c1-3-27-22-26(23-29-25-38-41-34(27)29)24-33(35(47)44-13-9-30(10-14-44)43-20-18-42(2)19-21-43)40-37(49)50-45-15-11-31(12-16-45)46-17-8-28-6-4-5-7-32(28)39-36(46)48/h4-7,22-23,25,30-31,33H,3,8-21,24H2,1-2H3,(H,38,41)(H,39,48)(H,40,49). The molecular weight excluding hydrogens is 634 g/mol. The number of nitrogens with zero attached hydrogens (tertiary/aromatic N) is 6. The first-order valence-electron chi connectivity index (χ1n) is 18.4. The molecule has 2 aromatic carbocycles. The number of amides is 4. The summed E-state index contributed by atoms with van der Waals surface area (Å²) < 4.78 is 0. The summed E-state index contributed by atoms with van der Waals surface area (Å²) in [5, 5.41) is 16.0. The van der Waals surface area contributed by atoms with Gasteiger partial charge in [0.1, 0.15) is 6.04 Å². The van der Waals surface area contributed by atoms with E-state index < -0.39 is 12.1 Å². The lowest BCUT2D eigenvalue weighted by Gasteiger charge is -2.42. The number of likely N-dealkylation sites (N-methyl/N-ethyl adjacent to an activating group) is 1. The monoisotopic (exact) mass is 685 g/mol. The number of hydroxylamine groups is 2. The number of hydrogen-bond donors (Lipinski definition) is 3. The van der Waals surface area contributed by atoms with Crippen molar-refractivity contribution in [1.82, 2.24) is 40.2 Å². The van der Waals surface area contributed by atoms with E-state index in [9.17, 15) is 14.4 Å². The van der Waals surface area contributed by atoms with E-state index in [1.54, 1.807) is 11.3 Å². The van der Waals surface area contributed by atoms with Gasteiger partial charge in [-0.25, -0.2) is 9.59 Å². The highest BCUT2D eigenvalue weighted by molar-refractivity contribution is 5.91. The fraction of sp³-hybridized carbons (Fsp3) is 0.568. The second-order valence-corrected chi connectivity index (χ2v) is 14.3. The van der Waals surface area contributed by atoms with Crippen LogP contribution in [0, 0.1) is 0 Å². The van der Waals surface area contributed by atoms with Crippen LogP contribution in [0.5, 0.6) is 0 Å². The largest absolute Gasteiger partial charge is 0.426 e. The minimum atomic E-state index is -0.767. The minimum Gasteiger partial charge on any atom is -0.351 e. The van der Waals surface area contributed by atoms with Crippen molar-refractivity contribution < 1.29 is 19.2 Å². The van der Waals surface area contributed by atoms with E-state index in [0.29, 0.717) is 58.0 Å². The van der Waals surface area contributed by atoms with E-state index in [1.807, 2.05) is 34.1 Å². The molecule has 3 N–H and O–H groups in total. The zero-order valence-corrected chi connectivity index (χ0v) is 29.4. The van der Waals surface area contributed by atoms with E-state index >= 15 is 0 Å². The average molecular weight is 686 g/mol. The number of H-pyrrole nitrogens is 1. The molecule has 7 rings (SSSR count). The number of rotatable bonds is 8. The Balaban J connectivity index is 0.975. The second kappa shape index (κ2) is 15.4. The number of para-hydroxylation sites is 1. The van der Waals surface area contributed by atoms with Crippen LogP contribution in [0.25, 0.3) is 10.9 Å². The number of aryl methyl sites for hydroxylation is 1. The van der Waals surface area contributed by atoms with Gasteiger partial charge < -0.3 is 30.2 Å². The third-order valence-electron chi connectivity index (χ3n) is 11.1. The number of hydrogen-bond acceptors (Lipinski definition) is 8. The molecule has 4 amide bonds. The molecule has 50 heavy (non-hydrogen) atoms. The quantitative estimate of drug-likeness (QED) is 0.329. The molecule has 4 aliphatic rings. The highest BCUT2D eigenvalue weighted by atomic mass is 16.7. The molecule has 0 bridgehead atoms. The summed E-state index contributed by atoms with van der Waals surface area (Å²) in [6, 6.07) is 11.8. The molecule has 13 heteroatoms. The van der Waals surface area contributed by atoms with Gasteiger partial charge in [-0.3, -0.25) is 14.8 Å². The Morgan fingerprint density at radius 1 is 0.960 bits per heavy atom. The van der Waals surface area contributed by atoms with Crippen molar-refractivity contribution in [2.45, 2.75) is 70.0 Å². The van der Waals surface area contributed by atoms with Crippen LogP contribution in [0.1, 0.15) is 49.3 Å². The zero-order valence-electron chi connectivity index (χ0n) is 29.4. The first-order valence-corrected chi connectivity index (χ1v) is 18.4. The van der Waals surface area contributed by atoms with Crippen LogP contribution in [-0.4, -0.2) is 137 Å². The van der Waals surface area contributed by atoms with E-state index in [1.165, 1.54) is 0 Å². The molecule has 268 valence electrons. The van der Waals surface area contributed by atoms with Crippen molar-refractivity contribution in [3.05, 3.63) is 59.3 Å². The number of nitrogens with one attached hydrogen (secondary N) is 3. The Hall–Kier alpha value is -4.20. The summed E-state index contributed by atoms with van der Waals surface area (Å²) in [7, 11) is 2.17. The van der Waals surface area contributed by atoms with Gasteiger partial charge in [-0.05, 0) is 74.4 Å². The van der Waals surface area contributed by atoms with Gasteiger partial charge >= 0.3 is 12.1 Å². The molecular formula is C37H51N9O4. The van der Waals surface area contributed by atoms with Crippen molar-refractivity contribution in [2.24, 2.45) is 0 Å². The third kappa shape index (κ3) is 7.74. The molecule has 3 aromatic rings. The Morgan fingerprint density at radius 3 is 2.46 bits per heavy atom. The van der Waals surface area contributed by atoms with Crippen LogP contribution < -0.4 is 10.6 Å². The Bertz CT molecular complexity index is 1660. The van der Waals surface area contributed by atoms with Crippen LogP contribution in [0.4, 0.5) is 15.3 Å². The molecule has 3 fully saturated rings. The van der Waals surface area contributed by atoms with Gasteiger partial charge in [-0.1, -0.05) is 31.2 Å². The molecule has 1 unspecified atom stereocenters. The van der Waals surface area contributed by atoms with E-state index in [-0.39, 0.29) is 18.0 Å². The summed E-state index contributed by atoms with van der Waals surface area (Å²) in [6.07, 6.45) is 6.39. The lowest BCUT2D eigenvalue weighted by molar-refractivity contribution is -0.137. The fourth-order valence-electron chi connectivity index (χ4n) is 8.16. The summed E-state index contributed by atoms with van der Waals surface area (Å²) in [5.41, 5.74) is 5.11. The van der Waals surface area contributed by atoms with Gasteiger partial charge in [0.05, 0.1) is 11.7 Å². The van der Waals surface area contributed by atoms with Crippen LogP contribution in [-0.2, 0) is 28.9 Å². The number of carbonyl (C=O) groups excluding carboxylic acids is 3. The number of anilines is 1. The number of aromatic amines is 1. The zero-order chi connectivity index (χ0) is 34.6. The number of piperidine rings is 2. The number of benzene rings is 2. The Labute approximate surface area is 294 Å². The molecule has 4 aliphatic heterocycles. The Kier molecular flexibility index (Phi) is 10.5. The van der Waals surface area contributed by atoms with Gasteiger partial charge in [-0.2, -0.15) is 5.10 Å². The first-order chi connectivity index (χ1) is 24.3. The van der Waals surface area contributed by atoms with Crippen LogP contribution in [0.3, 0.4) is 0 Å². The number of likely N-dealkylation sites (tertiary alicyclic amines) is 1. The van der Waals surface area contributed by atoms with Gasteiger partial charge in [0.15, 0.2) is 0 Å². The number of carbonyl (C=O) groups is 3. The third-order valence-corrected chi connectivity index (χ3v) is 11.1. The van der Waals surface area contributed by atoms with Crippen molar-refractivity contribution in [3.8, 4) is 0 Å². The summed E-state index contributed by atoms with van der Waals surface area (Å²) in [6.45, 7) is 9.39. The molecule has 1 aromatic heterocycles. The number of aromatic nitrogens is 2. The van der Waals surface area contributed by atoms with Crippen molar-refractivity contribution in [1.29, 1.82) is 0 Å². The lowest BCUT2D eigenvalue weighted by atomic mass is 9.97. The van der Waals surface area contributed by atoms with Crippen LogP contribution in [0.2, 0.25) is 0 Å². The van der Waals surface area contributed by atoms with Gasteiger partial charge in [-0.15, -0.1) is 5.06 Å². The van der Waals surface area contributed by atoms with Crippen molar-refractivity contribution in [3.63, 3.8) is 0 Å². The predicted octanol–water partition coefficient (Wildman–Crippen LogP) is 3.47. The summed E-state index contributed by atoms with van der Waals surface area (Å²) >= 11 is 0. The highest BCUT2D eigenvalue weighted by Crippen LogP contribution is 2.26. The maximum absolute atomic E-state index is 14.1. The summed E-state index contributed by atoms with van der Waals surface area (Å²) in [5.74, 6) is -0.0732. The summed E-state index contributed by atoms with van der Waals surface area (Å²) in [4.78, 5) is 55.2. The van der Waals surface area contributed by atoms with E-state index in [2.05, 4.69) is 56.7 Å². The molecule has 0 radical (unpaired) electrons.